The smallest absolute Gasteiger partial charge is 0.265 e. The van der Waals surface area contributed by atoms with Gasteiger partial charge in [-0.15, -0.1) is 11.3 Å². The maximum Gasteiger partial charge on any atom is 0.265 e. The zero-order chi connectivity index (χ0) is 15.5. The molecule has 1 aliphatic rings. The highest BCUT2D eigenvalue weighted by molar-refractivity contribution is 7.14. The third kappa shape index (κ3) is 3.36. The maximum absolute atomic E-state index is 12.3. The van der Waals surface area contributed by atoms with Crippen molar-refractivity contribution in [3.8, 4) is 0 Å². The van der Waals surface area contributed by atoms with Crippen molar-refractivity contribution in [2.45, 2.75) is 32.6 Å². The second-order valence-corrected chi connectivity index (χ2v) is 6.62. The molecular formula is C17H18N2O2S. The molecule has 2 aromatic rings. The Kier molecular flexibility index (Phi) is 4.24. The zero-order valence-corrected chi connectivity index (χ0v) is 13.3. The van der Waals surface area contributed by atoms with Crippen LogP contribution in [-0.2, 0) is 17.6 Å². The summed E-state index contributed by atoms with van der Waals surface area (Å²) in [5.41, 5.74) is 2.78. The standard InChI is InChI=1S/C17H18N2O2S/c1-11(20)18-13-6-8-14(9-7-13)19-17(21)16-10-12-4-2-3-5-15(12)22-16/h6-10H,2-5H2,1H3,(H,18,20)(H,19,21). The van der Waals surface area contributed by atoms with Gasteiger partial charge < -0.3 is 10.6 Å². The number of benzene rings is 1. The van der Waals surface area contributed by atoms with Gasteiger partial charge in [-0.1, -0.05) is 0 Å². The Labute approximate surface area is 133 Å². The Hall–Kier alpha value is -2.14. The topological polar surface area (TPSA) is 58.2 Å². The number of thiophene rings is 1. The summed E-state index contributed by atoms with van der Waals surface area (Å²) < 4.78 is 0. The van der Waals surface area contributed by atoms with Crippen molar-refractivity contribution >= 4 is 34.5 Å². The molecule has 0 saturated heterocycles. The lowest BCUT2D eigenvalue weighted by Crippen LogP contribution is -2.10. The van der Waals surface area contributed by atoms with Crippen LogP contribution >= 0.6 is 11.3 Å². The minimum Gasteiger partial charge on any atom is -0.326 e. The zero-order valence-electron chi connectivity index (χ0n) is 12.4. The monoisotopic (exact) mass is 314 g/mol. The Balaban J connectivity index is 1.68. The van der Waals surface area contributed by atoms with E-state index in [0.717, 1.165) is 29.1 Å². The lowest BCUT2D eigenvalue weighted by Gasteiger charge is -2.08. The molecule has 1 heterocycles. The first kappa shape index (κ1) is 14.8. The fraction of sp³-hybridized carbons (Fsp3) is 0.294. The van der Waals surface area contributed by atoms with Gasteiger partial charge >= 0.3 is 0 Å². The van der Waals surface area contributed by atoms with E-state index in [4.69, 9.17) is 0 Å². The normalized spacial score (nSPS) is 13.3. The van der Waals surface area contributed by atoms with E-state index in [1.54, 1.807) is 35.6 Å². The number of anilines is 2. The Morgan fingerprint density at radius 1 is 1.00 bits per heavy atom. The van der Waals surface area contributed by atoms with E-state index in [-0.39, 0.29) is 11.8 Å². The molecule has 2 amide bonds. The van der Waals surface area contributed by atoms with Gasteiger partial charge in [-0.25, -0.2) is 0 Å². The van der Waals surface area contributed by atoms with E-state index in [2.05, 4.69) is 10.6 Å². The number of rotatable bonds is 3. The third-order valence-electron chi connectivity index (χ3n) is 3.68. The summed E-state index contributed by atoms with van der Waals surface area (Å²) in [7, 11) is 0. The number of aryl methyl sites for hydroxylation is 2. The quantitative estimate of drug-likeness (QED) is 0.904. The second kappa shape index (κ2) is 6.32. The molecule has 5 heteroatoms. The maximum atomic E-state index is 12.3. The van der Waals surface area contributed by atoms with Crippen LogP contribution in [0.25, 0.3) is 0 Å². The summed E-state index contributed by atoms with van der Waals surface area (Å²) in [6, 6.07) is 9.15. The van der Waals surface area contributed by atoms with Gasteiger partial charge in [-0.2, -0.15) is 0 Å². The number of carbonyl (C=O) groups is 2. The largest absolute Gasteiger partial charge is 0.326 e. The van der Waals surface area contributed by atoms with Crippen LogP contribution in [0.15, 0.2) is 30.3 Å². The SMILES string of the molecule is CC(=O)Nc1ccc(NC(=O)c2cc3c(s2)CCCC3)cc1. The molecule has 0 bridgehead atoms. The van der Waals surface area contributed by atoms with E-state index < -0.39 is 0 Å². The molecule has 0 atom stereocenters. The van der Waals surface area contributed by atoms with Crippen LogP contribution in [-0.4, -0.2) is 11.8 Å². The molecule has 3 rings (SSSR count). The van der Waals surface area contributed by atoms with Gasteiger partial charge in [-0.05, 0) is 61.6 Å². The van der Waals surface area contributed by atoms with Gasteiger partial charge in [0.15, 0.2) is 0 Å². The highest BCUT2D eigenvalue weighted by Gasteiger charge is 2.17. The first-order valence-corrected chi connectivity index (χ1v) is 8.24. The van der Waals surface area contributed by atoms with Crippen molar-refractivity contribution < 1.29 is 9.59 Å². The van der Waals surface area contributed by atoms with Crippen molar-refractivity contribution in [2.75, 3.05) is 10.6 Å². The average molecular weight is 314 g/mol. The summed E-state index contributed by atoms with van der Waals surface area (Å²) in [6.45, 7) is 1.47. The molecule has 22 heavy (non-hydrogen) atoms. The van der Waals surface area contributed by atoms with Crippen LogP contribution in [0.1, 0.15) is 39.9 Å². The number of nitrogens with one attached hydrogen (secondary N) is 2. The molecule has 2 N–H and O–H groups in total. The van der Waals surface area contributed by atoms with Gasteiger partial charge in [0.2, 0.25) is 5.91 Å². The lowest BCUT2D eigenvalue weighted by molar-refractivity contribution is -0.114. The van der Waals surface area contributed by atoms with Gasteiger partial charge in [0, 0.05) is 23.2 Å². The van der Waals surface area contributed by atoms with Crippen molar-refractivity contribution in [3.63, 3.8) is 0 Å². The molecule has 4 nitrogen and oxygen atoms in total. The highest BCUT2D eigenvalue weighted by atomic mass is 32.1. The van der Waals surface area contributed by atoms with Crippen molar-refractivity contribution in [3.05, 3.63) is 45.6 Å². The van der Waals surface area contributed by atoms with Gasteiger partial charge in [-0.3, -0.25) is 9.59 Å². The van der Waals surface area contributed by atoms with Crippen LogP contribution in [0.3, 0.4) is 0 Å². The van der Waals surface area contributed by atoms with Crippen molar-refractivity contribution in [1.29, 1.82) is 0 Å². The number of hydrogen-bond acceptors (Lipinski definition) is 3. The van der Waals surface area contributed by atoms with Crippen LogP contribution in [0.4, 0.5) is 11.4 Å². The third-order valence-corrected chi connectivity index (χ3v) is 4.92. The highest BCUT2D eigenvalue weighted by Crippen LogP contribution is 2.30. The van der Waals surface area contributed by atoms with Crippen LogP contribution in [0.5, 0.6) is 0 Å². The number of carbonyl (C=O) groups excluding carboxylic acids is 2. The molecule has 0 fully saturated rings. The van der Waals surface area contributed by atoms with Crippen molar-refractivity contribution in [2.24, 2.45) is 0 Å². The van der Waals surface area contributed by atoms with E-state index in [1.165, 1.54) is 30.2 Å². The fourth-order valence-electron chi connectivity index (χ4n) is 2.64. The van der Waals surface area contributed by atoms with Gasteiger partial charge in [0.05, 0.1) is 4.88 Å². The summed E-state index contributed by atoms with van der Waals surface area (Å²) in [5.74, 6) is -0.173. The Bertz CT molecular complexity index is 680. The first-order valence-electron chi connectivity index (χ1n) is 7.42. The van der Waals surface area contributed by atoms with E-state index in [0.29, 0.717) is 0 Å². The minimum atomic E-state index is -0.110. The van der Waals surface area contributed by atoms with E-state index in [9.17, 15) is 9.59 Å². The summed E-state index contributed by atoms with van der Waals surface area (Å²) in [6.07, 6.45) is 4.62. The average Bonchev–Trinajstić information content (AvgIpc) is 2.93. The Morgan fingerprint density at radius 3 is 2.27 bits per heavy atom. The number of fused-ring (bicyclic) bond motifs is 1. The molecule has 0 spiro atoms. The fourth-order valence-corrected chi connectivity index (χ4v) is 3.78. The van der Waals surface area contributed by atoms with Crippen LogP contribution < -0.4 is 10.6 Å². The molecule has 1 aromatic heterocycles. The van der Waals surface area contributed by atoms with Crippen LogP contribution in [0, 0.1) is 0 Å². The molecule has 1 aromatic carbocycles. The molecule has 0 unspecified atom stereocenters. The van der Waals surface area contributed by atoms with Crippen LogP contribution in [0.2, 0.25) is 0 Å². The summed E-state index contributed by atoms with van der Waals surface area (Å²) >= 11 is 1.61. The lowest BCUT2D eigenvalue weighted by atomic mass is 9.99. The molecule has 0 aliphatic heterocycles. The van der Waals surface area contributed by atoms with Gasteiger partial charge in [0.25, 0.3) is 5.91 Å². The molecule has 114 valence electrons. The second-order valence-electron chi connectivity index (χ2n) is 5.48. The molecule has 0 radical (unpaired) electrons. The molecular weight excluding hydrogens is 296 g/mol. The predicted octanol–water partition coefficient (Wildman–Crippen LogP) is 3.84. The summed E-state index contributed by atoms with van der Waals surface area (Å²) in [4.78, 5) is 25.4. The minimum absolute atomic E-state index is 0.0633. The molecule has 1 aliphatic carbocycles. The predicted molar refractivity (Wildman–Crippen MR) is 89.7 cm³/mol. The van der Waals surface area contributed by atoms with E-state index in [1.807, 2.05) is 6.07 Å². The molecule has 0 saturated carbocycles. The number of amides is 2. The number of hydrogen-bond donors (Lipinski definition) is 2. The summed E-state index contributed by atoms with van der Waals surface area (Å²) in [5, 5.41) is 5.61. The Morgan fingerprint density at radius 2 is 1.64 bits per heavy atom. The van der Waals surface area contributed by atoms with Gasteiger partial charge in [0.1, 0.15) is 0 Å². The first-order chi connectivity index (χ1) is 10.6. The van der Waals surface area contributed by atoms with E-state index >= 15 is 0 Å². The van der Waals surface area contributed by atoms with Crippen molar-refractivity contribution in [1.82, 2.24) is 0 Å².